The zero-order chi connectivity index (χ0) is 21.8. The van der Waals surface area contributed by atoms with Crippen molar-refractivity contribution in [1.29, 1.82) is 0 Å². The molecular weight excluding hydrogens is 411 g/mol. The molecule has 0 aliphatic rings. The Hall–Kier alpha value is -2.79. The van der Waals surface area contributed by atoms with Gasteiger partial charge < -0.3 is 4.74 Å². The largest absolute Gasteiger partial charge is 0.497 e. The third-order valence-corrected chi connectivity index (χ3v) is 5.41. The lowest BCUT2D eigenvalue weighted by atomic mass is 10.1. The smallest absolute Gasteiger partial charge is 0.256 e. The SMILES string of the molecule is COc1ccc(S(=O)(=O)N[C@H](C(=O)NNc2ccc(F)c(F)c2F)C(C)C)cc1. The Morgan fingerprint density at radius 3 is 2.17 bits per heavy atom. The van der Waals surface area contributed by atoms with Crippen LogP contribution in [0.3, 0.4) is 0 Å². The average molecular weight is 431 g/mol. The molecule has 0 aromatic heterocycles. The summed E-state index contributed by atoms with van der Waals surface area (Å²) in [5.41, 5.74) is 3.70. The highest BCUT2D eigenvalue weighted by molar-refractivity contribution is 7.89. The van der Waals surface area contributed by atoms with Crippen molar-refractivity contribution in [1.82, 2.24) is 10.1 Å². The number of amides is 1. The number of benzene rings is 2. The van der Waals surface area contributed by atoms with Gasteiger partial charge in [-0.15, -0.1) is 0 Å². The van der Waals surface area contributed by atoms with Crippen LogP contribution in [0.4, 0.5) is 18.9 Å². The number of rotatable bonds is 8. The highest BCUT2D eigenvalue weighted by Crippen LogP contribution is 2.19. The van der Waals surface area contributed by atoms with Gasteiger partial charge in [0.15, 0.2) is 17.5 Å². The summed E-state index contributed by atoms with van der Waals surface area (Å²) in [6, 6.07) is 5.86. The summed E-state index contributed by atoms with van der Waals surface area (Å²) < 4.78 is 72.3. The normalized spacial score (nSPS) is 12.5. The molecule has 2 rings (SSSR count). The fourth-order valence-corrected chi connectivity index (χ4v) is 3.66. The number of hydrazine groups is 1. The molecular formula is C18H20F3N3O4S. The van der Waals surface area contributed by atoms with Crippen LogP contribution in [0.25, 0.3) is 0 Å². The number of nitrogens with one attached hydrogen (secondary N) is 3. The molecule has 0 saturated carbocycles. The van der Waals surface area contributed by atoms with Gasteiger partial charge in [-0.1, -0.05) is 13.8 Å². The first-order chi connectivity index (χ1) is 13.6. The number of methoxy groups -OCH3 is 1. The predicted molar refractivity (Wildman–Crippen MR) is 100 cm³/mol. The predicted octanol–water partition coefficient (Wildman–Crippen LogP) is 2.56. The van der Waals surface area contributed by atoms with Crippen molar-refractivity contribution in [3.63, 3.8) is 0 Å². The minimum absolute atomic E-state index is 0.0867. The van der Waals surface area contributed by atoms with Crippen molar-refractivity contribution in [2.75, 3.05) is 12.5 Å². The van der Waals surface area contributed by atoms with Gasteiger partial charge in [0.2, 0.25) is 10.0 Å². The number of carbonyl (C=O) groups is 1. The molecule has 1 atom stereocenters. The molecule has 0 heterocycles. The van der Waals surface area contributed by atoms with E-state index in [1.54, 1.807) is 13.8 Å². The highest BCUT2D eigenvalue weighted by atomic mass is 32.2. The van der Waals surface area contributed by atoms with Gasteiger partial charge in [0, 0.05) is 0 Å². The van der Waals surface area contributed by atoms with Crippen molar-refractivity contribution < 1.29 is 31.1 Å². The minimum Gasteiger partial charge on any atom is -0.497 e. The van der Waals surface area contributed by atoms with E-state index >= 15 is 0 Å². The molecule has 0 radical (unpaired) electrons. The van der Waals surface area contributed by atoms with E-state index < -0.39 is 51.0 Å². The van der Waals surface area contributed by atoms with Gasteiger partial charge in [0.25, 0.3) is 5.91 Å². The molecule has 0 aliphatic heterocycles. The number of hydrogen-bond acceptors (Lipinski definition) is 5. The molecule has 0 spiro atoms. The molecule has 0 saturated heterocycles. The molecule has 11 heteroatoms. The maximum atomic E-state index is 13.7. The van der Waals surface area contributed by atoms with Gasteiger partial charge in [-0.3, -0.25) is 15.6 Å². The first-order valence-corrected chi connectivity index (χ1v) is 9.91. The Morgan fingerprint density at radius 1 is 1.00 bits per heavy atom. The first-order valence-electron chi connectivity index (χ1n) is 8.42. The van der Waals surface area contributed by atoms with Crippen LogP contribution in [-0.2, 0) is 14.8 Å². The average Bonchev–Trinajstić information content (AvgIpc) is 2.69. The molecule has 0 bridgehead atoms. The Balaban J connectivity index is 2.14. The number of carbonyl (C=O) groups excluding carboxylic acids is 1. The van der Waals surface area contributed by atoms with Gasteiger partial charge in [-0.2, -0.15) is 4.72 Å². The van der Waals surface area contributed by atoms with E-state index in [0.29, 0.717) is 11.8 Å². The lowest BCUT2D eigenvalue weighted by Gasteiger charge is -2.22. The Morgan fingerprint density at radius 2 is 1.62 bits per heavy atom. The van der Waals surface area contributed by atoms with E-state index in [4.69, 9.17) is 4.74 Å². The fourth-order valence-electron chi connectivity index (χ4n) is 2.31. The van der Waals surface area contributed by atoms with E-state index in [1.807, 2.05) is 0 Å². The van der Waals surface area contributed by atoms with Gasteiger partial charge in [0.05, 0.1) is 17.7 Å². The van der Waals surface area contributed by atoms with Crippen LogP contribution in [0, 0.1) is 23.4 Å². The lowest BCUT2D eigenvalue weighted by molar-refractivity contribution is -0.123. The van der Waals surface area contributed by atoms with Crippen LogP contribution in [0.5, 0.6) is 5.75 Å². The second kappa shape index (κ2) is 9.14. The number of hydrogen-bond donors (Lipinski definition) is 3. The van der Waals surface area contributed by atoms with Gasteiger partial charge in [0.1, 0.15) is 11.8 Å². The lowest BCUT2D eigenvalue weighted by Crippen LogP contribution is -2.51. The van der Waals surface area contributed by atoms with Gasteiger partial charge in [-0.05, 0) is 42.3 Å². The molecule has 0 unspecified atom stereocenters. The zero-order valence-corrected chi connectivity index (χ0v) is 16.6. The summed E-state index contributed by atoms with van der Waals surface area (Å²) in [4.78, 5) is 12.3. The highest BCUT2D eigenvalue weighted by Gasteiger charge is 2.28. The van der Waals surface area contributed by atoms with Crippen LogP contribution >= 0.6 is 0 Å². The van der Waals surface area contributed by atoms with Crippen molar-refractivity contribution >= 4 is 21.6 Å². The number of sulfonamides is 1. The molecule has 29 heavy (non-hydrogen) atoms. The van der Waals surface area contributed by atoms with E-state index in [-0.39, 0.29) is 4.90 Å². The molecule has 0 aliphatic carbocycles. The van der Waals surface area contributed by atoms with Crippen LogP contribution in [-0.4, -0.2) is 27.5 Å². The molecule has 158 valence electrons. The van der Waals surface area contributed by atoms with E-state index in [1.165, 1.54) is 31.4 Å². The Kier molecular flexibility index (Phi) is 7.09. The molecule has 2 aromatic rings. The van der Waals surface area contributed by atoms with Crippen LogP contribution in [0.1, 0.15) is 13.8 Å². The Labute approximate surface area is 166 Å². The first kappa shape index (κ1) is 22.5. The van der Waals surface area contributed by atoms with Gasteiger partial charge >= 0.3 is 0 Å². The van der Waals surface area contributed by atoms with E-state index in [0.717, 1.165) is 6.07 Å². The third-order valence-electron chi connectivity index (χ3n) is 3.96. The summed E-state index contributed by atoms with van der Waals surface area (Å²) in [5, 5.41) is 0. The zero-order valence-electron chi connectivity index (χ0n) is 15.8. The Bertz CT molecular complexity index is 983. The van der Waals surface area contributed by atoms with Crippen molar-refractivity contribution in [2.45, 2.75) is 24.8 Å². The molecule has 3 N–H and O–H groups in total. The van der Waals surface area contributed by atoms with Crippen LogP contribution in [0.2, 0.25) is 0 Å². The van der Waals surface area contributed by atoms with Crippen LogP contribution < -0.4 is 20.3 Å². The second-order valence-corrected chi connectivity index (χ2v) is 8.07. The molecule has 7 nitrogen and oxygen atoms in total. The van der Waals surface area contributed by atoms with Crippen molar-refractivity contribution in [3.8, 4) is 5.75 Å². The topological polar surface area (TPSA) is 96.5 Å². The summed E-state index contributed by atoms with van der Waals surface area (Å²) in [7, 11) is -2.62. The quantitative estimate of drug-likeness (QED) is 0.441. The maximum Gasteiger partial charge on any atom is 0.256 e. The van der Waals surface area contributed by atoms with Crippen molar-refractivity contribution in [2.24, 2.45) is 5.92 Å². The summed E-state index contributed by atoms with van der Waals surface area (Å²) in [6.07, 6.45) is 0. The summed E-state index contributed by atoms with van der Waals surface area (Å²) >= 11 is 0. The summed E-state index contributed by atoms with van der Waals surface area (Å²) in [6.45, 7) is 3.19. The van der Waals surface area contributed by atoms with Gasteiger partial charge in [-0.25, -0.2) is 21.6 Å². The minimum atomic E-state index is -4.06. The van der Waals surface area contributed by atoms with E-state index in [2.05, 4.69) is 15.6 Å². The van der Waals surface area contributed by atoms with E-state index in [9.17, 15) is 26.4 Å². The van der Waals surface area contributed by atoms with Crippen LogP contribution in [0.15, 0.2) is 41.3 Å². The fraction of sp³-hybridized carbons (Fsp3) is 0.278. The number of halogens is 3. The number of ether oxygens (including phenoxy) is 1. The standard InChI is InChI=1S/C18H20F3N3O4S/c1-10(2)17(24-29(26,27)12-6-4-11(28-3)5-7-12)18(25)23-22-14-9-8-13(19)15(20)16(14)21/h4-10,17,22,24H,1-3H3,(H,23,25)/t17-/m0/s1. The second-order valence-electron chi connectivity index (χ2n) is 6.36. The molecule has 1 amide bonds. The van der Waals surface area contributed by atoms with Crippen molar-refractivity contribution in [3.05, 3.63) is 53.8 Å². The molecule has 0 fully saturated rings. The maximum absolute atomic E-state index is 13.7. The molecule has 2 aromatic carbocycles. The third kappa shape index (κ3) is 5.39. The monoisotopic (exact) mass is 431 g/mol. The number of anilines is 1. The summed E-state index contributed by atoms with van der Waals surface area (Å²) in [5.74, 6) is -5.48.